The maximum atomic E-state index is 13.1. The molecule has 0 fully saturated rings. The number of carbonyl (C=O) groups excluding carboxylic acids is 1. The first kappa shape index (κ1) is 21.0. The highest BCUT2D eigenvalue weighted by Crippen LogP contribution is 2.27. The molecule has 0 unspecified atom stereocenters. The average Bonchev–Trinajstić information content (AvgIpc) is 3.30. The Bertz CT molecular complexity index is 1210. The van der Waals surface area contributed by atoms with Gasteiger partial charge in [-0.1, -0.05) is 17.3 Å². The molecule has 3 aromatic carbocycles. The Kier molecular flexibility index (Phi) is 6.12. The van der Waals surface area contributed by atoms with Crippen molar-refractivity contribution in [3.8, 4) is 34.3 Å². The number of carbonyl (C=O) groups is 1. The molecule has 0 spiro atoms. The number of nitrogens with one attached hydrogen (secondary N) is 1. The van der Waals surface area contributed by atoms with Gasteiger partial charge in [0.05, 0.1) is 7.11 Å². The van der Waals surface area contributed by atoms with Crippen LogP contribution in [0.5, 0.6) is 11.5 Å². The summed E-state index contributed by atoms with van der Waals surface area (Å²) in [5.41, 5.74) is 1.92. The lowest BCUT2D eigenvalue weighted by Gasteiger charge is -2.16. The van der Waals surface area contributed by atoms with Crippen molar-refractivity contribution >= 4 is 11.6 Å². The molecule has 1 heterocycles. The van der Waals surface area contributed by atoms with Gasteiger partial charge in [-0.05, 0) is 67.6 Å². The van der Waals surface area contributed by atoms with Gasteiger partial charge in [0, 0.05) is 16.8 Å². The molecule has 4 aromatic rings. The van der Waals surface area contributed by atoms with Gasteiger partial charge in [-0.25, -0.2) is 4.39 Å². The molecule has 1 atom stereocenters. The molecule has 7 nitrogen and oxygen atoms in total. The van der Waals surface area contributed by atoms with Crippen LogP contribution < -0.4 is 14.8 Å². The summed E-state index contributed by atoms with van der Waals surface area (Å²) < 4.78 is 29.4. The first-order valence-electron chi connectivity index (χ1n) is 9.84. The Balaban J connectivity index is 1.40. The summed E-state index contributed by atoms with van der Waals surface area (Å²) in [7, 11) is 1.54. The molecule has 0 aliphatic carbocycles. The number of hydrogen-bond acceptors (Lipinski definition) is 6. The number of anilines is 1. The van der Waals surface area contributed by atoms with Crippen LogP contribution in [0.4, 0.5) is 10.1 Å². The van der Waals surface area contributed by atoms with E-state index >= 15 is 0 Å². The molecule has 1 amide bonds. The third-order valence-electron chi connectivity index (χ3n) is 4.67. The predicted molar refractivity (Wildman–Crippen MR) is 117 cm³/mol. The fourth-order valence-corrected chi connectivity index (χ4v) is 2.96. The maximum Gasteiger partial charge on any atom is 0.265 e. The van der Waals surface area contributed by atoms with Gasteiger partial charge >= 0.3 is 0 Å². The minimum atomic E-state index is -0.736. The molecule has 0 radical (unpaired) electrons. The van der Waals surface area contributed by atoms with Crippen molar-refractivity contribution in [1.29, 1.82) is 0 Å². The molecule has 4 rings (SSSR count). The highest BCUT2D eigenvalue weighted by atomic mass is 19.1. The van der Waals surface area contributed by atoms with E-state index in [0.29, 0.717) is 40.0 Å². The summed E-state index contributed by atoms with van der Waals surface area (Å²) in [6.45, 7) is 1.66. The lowest BCUT2D eigenvalue weighted by Crippen LogP contribution is -2.30. The van der Waals surface area contributed by atoms with E-state index in [4.69, 9.17) is 14.0 Å². The normalized spacial score (nSPS) is 11.6. The molecule has 0 aliphatic rings. The number of halogens is 1. The first-order valence-corrected chi connectivity index (χ1v) is 9.84. The monoisotopic (exact) mass is 433 g/mol. The van der Waals surface area contributed by atoms with Crippen molar-refractivity contribution in [1.82, 2.24) is 10.1 Å². The summed E-state index contributed by atoms with van der Waals surface area (Å²) in [5, 5.41) is 6.74. The Morgan fingerprint density at radius 3 is 2.31 bits per heavy atom. The van der Waals surface area contributed by atoms with Gasteiger partial charge < -0.3 is 19.3 Å². The number of nitrogens with zero attached hydrogens (tertiary/aromatic N) is 2. The van der Waals surface area contributed by atoms with Crippen LogP contribution in [-0.4, -0.2) is 29.3 Å². The van der Waals surface area contributed by atoms with E-state index in [-0.39, 0.29) is 11.7 Å². The fourth-order valence-electron chi connectivity index (χ4n) is 2.96. The summed E-state index contributed by atoms with van der Waals surface area (Å²) >= 11 is 0. The highest BCUT2D eigenvalue weighted by molar-refractivity contribution is 5.94. The lowest BCUT2D eigenvalue weighted by atomic mass is 10.2. The molecule has 1 aromatic heterocycles. The second-order valence-corrected chi connectivity index (χ2v) is 6.91. The van der Waals surface area contributed by atoms with Crippen molar-refractivity contribution < 1.29 is 23.2 Å². The summed E-state index contributed by atoms with van der Waals surface area (Å²) in [6.07, 6.45) is -0.736. The third kappa shape index (κ3) is 4.75. The molecule has 32 heavy (non-hydrogen) atoms. The van der Waals surface area contributed by atoms with E-state index in [0.717, 1.165) is 0 Å². The van der Waals surface area contributed by atoms with E-state index in [1.165, 1.54) is 12.1 Å². The van der Waals surface area contributed by atoms with Crippen LogP contribution in [-0.2, 0) is 4.79 Å². The quantitative estimate of drug-likeness (QED) is 0.443. The molecular weight excluding hydrogens is 413 g/mol. The Morgan fingerprint density at radius 1 is 0.969 bits per heavy atom. The van der Waals surface area contributed by atoms with Crippen molar-refractivity contribution in [2.45, 2.75) is 13.0 Å². The Hall–Kier alpha value is -4.20. The zero-order valence-corrected chi connectivity index (χ0v) is 17.4. The number of rotatable bonds is 7. The van der Waals surface area contributed by atoms with Crippen LogP contribution >= 0.6 is 0 Å². The van der Waals surface area contributed by atoms with Crippen molar-refractivity contribution in [2.75, 3.05) is 12.4 Å². The molecular formula is C24H20FN3O4. The number of methoxy groups -OCH3 is 1. The fraction of sp³-hybridized carbons (Fsp3) is 0.125. The molecule has 162 valence electrons. The first-order chi connectivity index (χ1) is 15.5. The zero-order chi connectivity index (χ0) is 22.5. The summed E-state index contributed by atoms with van der Waals surface area (Å²) in [5.74, 6) is 1.07. The number of amides is 1. The van der Waals surface area contributed by atoms with E-state index in [9.17, 15) is 9.18 Å². The van der Waals surface area contributed by atoms with Crippen LogP contribution in [0, 0.1) is 5.82 Å². The zero-order valence-electron chi connectivity index (χ0n) is 17.4. The molecule has 0 saturated carbocycles. The van der Waals surface area contributed by atoms with Gasteiger partial charge in [-0.2, -0.15) is 4.98 Å². The van der Waals surface area contributed by atoms with E-state index in [1.807, 2.05) is 6.07 Å². The molecule has 1 N–H and O–H groups in total. The van der Waals surface area contributed by atoms with Crippen molar-refractivity contribution in [3.05, 3.63) is 78.6 Å². The third-order valence-corrected chi connectivity index (χ3v) is 4.67. The van der Waals surface area contributed by atoms with Crippen molar-refractivity contribution in [3.63, 3.8) is 0 Å². The van der Waals surface area contributed by atoms with Crippen LogP contribution in [0.15, 0.2) is 77.3 Å². The standard InChI is InChI=1S/C24H20FN3O4/c1-15(31-21-6-4-3-5-20(21)30-2)23(29)26-19-13-9-17(10-14-19)24-27-22(28-32-24)16-7-11-18(25)12-8-16/h3-15H,1-2H3,(H,26,29)/t15-/m0/s1. The van der Waals surface area contributed by atoms with Gasteiger partial charge in [-0.3, -0.25) is 4.79 Å². The van der Waals surface area contributed by atoms with Crippen LogP contribution in [0.1, 0.15) is 6.92 Å². The predicted octanol–water partition coefficient (Wildman–Crippen LogP) is 4.96. The van der Waals surface area contributed by atoms with E-state index in [2.05, 4.69) is 15.5 Å². The number of ether oxygens (including phenoxy) is 2. The van der Waals surface area contributed by atoms with Gasteiger partial charge in [0.2, 0.25) is 5.82 Å². The van der Waals surface area contributed by atoms with Gasteiger partial charge in [-0.15, -0.1) is 0 Å². The number of benzene rings is 3. The van der Waals surface area contributed by atoms with Gasteiger partial charge in [0.25, 0.3) is 11.8 Å². The Labute approximate surface area is 183 Å². The van der Waals surface area contributed by atoms with Crippen LogP contribution in [0.25, 0.3) is 22.8 Å². The summed E-state index contributed by atoms with van der Waals surface area (Å²) in [6, 6.07) is 19.9. The number of aromatic nitrogens is 2. The summed E-state index contributed by atoms with van der Waals surface area (Å²) in [4.78, 5) is 16.9. The Morgan fingerprint density at radius 2 is 1.62 bits per heavy atom. The topological polar surface area (TPSA) is 86.5 Å². The minimum absolute atomic E-state index is 0.306. The van der Waals surface area contributed by atoms with Crippen LogP contribution in [0.3, 0.4) is 0 Å². The highest BCUT2D eigenvalue weighted by Gasteiger charge is 2.17. The molecule has 0 bridgehead atoms. The maximum absolute atomic E-state index is 13.1. The van der Waals surface area contributed by atoms with E-state index in [1.54, 1.807) is 68.6 Å². The smallest absolute Gasteiger partial charge is 0.265 e. The number of hydrogen-bond donors (Lipinski definition) is 1. The largest absolute Gasteiger partial charge is 0.493 e. The van der Waals surface area contributed by atoms with Gasteiger partial charge in [0.1, 0.15) is 5.82 Å². The van der Waals surface area contributed by atoms with E-state index < -0.39 is 6.10 Å². The van der Waals surface area contributed by atoms with Crippen LogP contribution in [0.2, 0.25) is 0 Å². The molecule has 0 aliphatic heterocycles. The minimum Gasteiger partial charge on any atom is -0.493 e. The van der Waals surface area contributed by atoms with Crippen molar-refractivity contribution in [2.24, 2.45) is 0 Å². The SMILES string of the molecule is COc1ccccc1O[C@@H](C)C(=O)Nc1ccc(-c2nc(-c3ccc(F)cc3)no2)cc1. The lowest BCUT2D eigenvalue weighted by molar-refractivity contribution is -0.122. The number of para-hydroxylation sites is 2. The van der Waals surface area contributed by atoms with Gasteiger partial charge in [0.15, 0.2) is 17.6 Å². The molecule has 8 heteroatoms. The average molecular weight is 433 g/mol. The second-order valence-electron chi connectivity index (χ2n) is 6.91. The molecule has 0 saturated heterocycles. The second kappa shape index (κ2) is 9.30.